The van der Waals surface area contributed by atoms with Gasteiger partial charge in [-0.25, -0.2) is 18.2 Å². The molecule has 0 radical (unpaired) electrons. The lowest BCUT2D eigenvalue weighted by Crippen LogP contribution is -2.43. The summed E-state index contributed by atoms with van der Waals surface area (Å²) in [7, 11) is -2.06. The van der Waals surface area contributed by atoms with Gasteiger partial charge in [0.05, 0.1) is 18.1 Å². The molecule has 1 saturated carbocycles. The number of amides is 2. The van der Waals surface area contributed by atoms with Crippen molar-refractivity contribution < 1.29 is 19.4 Å². The first-order valence-electron chi connectivity index (χ1n) is 16.3. The molecule has 0 spiro atoms. The van der Waals surface area contributed by atoms with E-state index in [2.05, 4.69) is 47.9 Å². The molecule has 0 bridgehead atoms. The van der Waals surface area contributed by atoms with Crippen LogP contribution in [0, 0.1) is 5.41 Å². The number of sulfonamides is 1. The van der Waals surface area contributed by atoms with Gasteiger partial charge in [-0.15, -0.1) is 0 Å². The van der Waals surface area contributed by atoms with Crippen molar-refractivity contribution in [2.24, 2.45) is 0 Å². The summed E-state index contributed by atoms with van der Waals surface area (Å²) in [5, 5.41) is 11.1. The van der Waals surface area contributed by atoms with Gasteiger partial charge < -0.3 is 10.1 Å². The molecule has 9 nitrogen and oxygen atoms in total. The van der Waals surface area contributed by atoms with E-state index >= 15 is 0 Å². The molecule has 0 unspecified atom stereocenters. The highest BCUT2D eigenvalue weighted by molar-refractivity contribution is 7.93. The van der Waals surface area contributed by atoms with E-state index in [4.69, 9.17) is 10.1 Å². The van der Waals surface area contributed by atoms with Crippen molar-refractivity contribution in [3.63, 3.8) is 0 Å². The van der Waals surface area contributed by atoms with Gasteiger partial charge in [0.15, 0.2) is 11.6 Å². The zero-order chi connectivity index (χ0) is 33.3. The molecule has 1 aromatic heterocycles. The Morgan fingerprint density at radius 2 is 1.65 bits per heavy atom. The van der Waals surface area contributed by atoms with Crippen LogP contribution in [-0.4, -0.2) is 49.1 Å². The summed E-state index contributed by atoms with van der Waals surface area (Å²) in [6.45, 7) is 9.24. The van der Waals surface area contributed by atoms with E-state index in [0.717, 1.165) is 48.8 Å². The Kier molecular flexibility index (Phi) is 11.8. The Hall–Kier alpha value is -3.92. The quantitative estimate of drug-likeness (QED) is 0.136. The molecule has 1 aliphatic carbocycles. The maximum atomic E-state index is 13.0. The molecule has 0 aliphatic heterocycles. The fourth-order valence-electron chi connectivity index (χ4n) is 5.73. The summed E-state index contributed by atoms with van der Waals surface area (Å²) in [6.07, 6.45) is 6.20. The lowest BCUT2D eigenvalue weighted by molar-refractivity contribution is 0.221. The van der Waals surface area contributed by atoms with Crippen LogP contribution in [0.25, 0.3) is 11.3 Å². The molecular weight excluding hydrogens is 598 g/mol. The Labute approximate surface area is 276 Å². The molecule has 3 aromatic rings. The number of urea groups is 1. The molecule has 10 heteroatoms. The molecule has 2 aromatic carbocycles. The predicted octanol–water partition coefficient (Wildman–Crippen LogP) is 7.91. The third-order valence-corrected chi connectivity index (χ3v) is 10.4. The summed E-state index contributed by atoms with van der Waals surface area (Å²) in [5.41, 5.74) is 4.96. The highest BCUT2D eigenvalue weighted by Crippen LogP contribution is 2.31. The number of nitrogens with zero attached hydrogens (tertiary/aromatic N) is 2. The number of ether oxygens (including phenoxy) is 1. The van der Waals surface area contributed by atoms with Crippen LogP contribution in [0.3, 0.4) is 0 Å². The van der Waals surface area contributed by atoms with Crippen LogP contribution in [0.15, 0.2) is 60.7 Å². The van der Waals surface area contributed by atoms with Gasteiger partial charge in [-0.1, -0.05) is 88.6 Å². The molecule has 2 amide bonds. The van der Waals surface area contributed by atoms with Crippen LogP contribution in [0.5, 0.6) is 5.75 Å². The lowest BCUT2D eigenvalue weighted by Gasteiger charge is -2.23. The number of aromatic nitrogens is 1. The number of methoxy groups -OCH3 is 1. The molecular formula is C36H51N5O4S. The topological polar surface area (TPSA) is 124 Å². The third kappa shape index (κ3) is 9.31. The smallest absolute Gasteiger partial charge is 0.323 e. The molecule has 1 fully saturated rings. The number of amidine groups is 1. The second-order valence-corrected chi connectivity index (χ2v) is 15.0. The largest absolute Gasteiger partial charge is 0.493 e. The van der Waals surface area contributed by atoms with Crippen LogP contribution in [0.2, 0.25) is 0 Å². The van der Waals surface area contributed by atoms with E-state index in [1.807, 2.05) is 49.4 Å². The van der Waals surface area contributed by atoms with Crippen molar-refractivity contribution in [1.29, 1.82) is 5.41 Å². The second-order valence-electron chi connectivity index (χ2n) is 13.0. The number of anilines is 1. The van der Waals surface area contributed by atoms with Crippen molar-refractivity contribution in [2.75, 3.05) is 18.4 Å². The third-order valence-electron chi connectivity index (χ3n) is 8.59. The van der Waals surface area contributed by atoms with Crippen LogP contribution in [-0.2, 0) is 28.4 Å². The van der Waals surface area contributed by atoms with Gasteiger partial charge >= 0.3 is 6.03 Å². The summed E-state index contributed by atoms with van der Waals surface area (Å²) in [4.78, 5) is 19.0. The summed E-state index contributed by atoms with van der Waals surface area (Å²) < 4.78 is 34.2. The van der Waals surface area contributed by atoms with Crippen LogP contribution in [0.4, 0.5) is 10.6 Å². The van der Waals surface area contributed by atoms with Crippen molar-refractivity contribution in [3.8, 4) is 17.0 Å². The van der Waals surface area contributed by atoms with Gasteiger partial charge in [-0.2, -0.15) is 0 Å². The van der Waals surface area contributed by atoms with E-state index in [9.17, 15) is 13.2 Å². The highest BCUT2D eigenvalue weighted by atomic mass is 32.2. The number of nitrogens with one attached hydrogen (secondary N) is 3. The summed E-state index contributed by atoms with van der Waals surface area (Å²) in [6, 6.07) is 19.5. The van der Waals surface area contributed by atoms with Crippen molar-refractivity contribution in [1.82, 2.24) is 15.2 Å². The van der Waals surface area contributed by atoms with Crippen molar-refractivity contribution in [2.45, 2.75) is 96.3 Å². The fourth-order valence-corrected chi connectivity index (χ4v) is 7.26. The average molecular weight is 650 g/mol. The number of carbonyl (C=O) groups excluding carboxylic acids is 1. The fraction of sp³-hybridized carbons (Fsp3) is 0.472. The minimum absolute atomic E-state index is 0. The average Bonchev–Trinajstić information content (AvgIpc) is 3.04. The zero-order valence-corrected chi connectivity index (χ0v) is 28.7. The molecule has 0 saturated heterocycles. The maximum Gasteiger partial charge on any atom is 0.323 e. The number of hydrogen-bond donors (Lipinski definition) is 3. The number of aryl methyl sites for hydroxylation is 1. The normalized spacial score (nSPS) is 14.0. The lowest BCUT2D eigenvalue weighted by atomic mass is 9.87. The van der Waals surface area contributed by atoms with Gasteiger partial charge in [-0.05, 0) is 66.8 Å². The Balaban J connectivity index is 0.00000600. The highest BCUT2D eigenvalue weighted by Gasteiger charge is 2.28. The number of benzene rings is 2. The molecule has 1 aliphatic rings. The first kappa shape index (κ1) is 34.9. The minimum Gasteiger partial charge on any atom is -0.493 e. The van der Waals surface area contributed by atoms with E-state index in [1.165, 1.54) is 17.6 Å². The molecule has 3 N–H and O–H groups in total. The molecule has 4 rings (SSSR count). The Bertz CT molecular complexity index is 1580. The van der Waals surface area contributed by atoms with Crippen LogP contribution >= 0.6 is 0 Å². The van der Waals surface area contributed by atoms with Crippen molar-refractivity contribution >= 4 is 27.7 Å². The van der Waals surface area contributed by atoms with Gasteiger partial charge in [0.2, 0.25) is 10.0 Å². The Morgan fingerprint density at radius 3 is 2.26 bits per heavy atom. The van der Waals surface area contributed by atoms with E-state index in [1.54, 1.807) is 6.07 Å². The van der Waals surface area contributed by atoms with Gasteiger partial charge in [-0.3, -0.25) is 15.0 Å². The number of hydrogen-bond acceptors (Lipinski definition) is 6. The van der Waals surface area contributed by atoms with Crippen LogP contribution in [0.1, 0.15) is 90.8 Å². The molecule has 250 valence electrons. The Morgan fingerprint density at radius 1 is 1.00 bits per heavy atom. The second kappa shape index (κ2) is 15.6. The molecule has 1 heterocycles. The number of carbonyl (C=O) groups is 1. The number of rotatable bonds is 12. The number of pyridine rings is 1. The van der Waals surface area contributed by atoms with Gasteiger partial charge in [0, 0.05) is 26.5 Å². The minimum atomic E-state index is -3.57. The van der Waals surface area contributed by atoms with E-state index < -0.39 is 15.3 Å². The molecule has 46 heavy (non-hydrogen) atoms. The SMILES string of the molecule is CCN(C(=N)CCCc1ccc(-c2ccc(OC)c(NS(=O)(=O)C3CCCCC3)n2)cc1)C(=O)NCc1ccc(C(C)(C)C)cc1.[HH]. The van der Waals surface area contributed by atoms with Gasteiger partial charge in [0.25, 0.3) is 0 Å². The van der Waals surface area contributed by atoms with Crippen LogP contribution < -0.4 is 14.8 Å². The standard InChI is InChI=1S/C36H49N5O4S.H2/c1-6-41(35(42)38-25-27-17-21-29(22-18-27)36(2,3)4)33(37)14-10-11-26-15-19-28(20-16-26)31-23-24-32(45-5)34(39-31)40-46(43,44)30-12-8-7-9-13-30;/h15-24,30,37H,6-14,25H2,1-5H3,(H,38,42)(H,39,40);1H. The first-order valence-corrected chi connectivity index (χ1v) is 17.8. The zero-order valence-electron chi connectivity index (χ0n) is 27.9. The monoisotopic (exact) mass is 649 g/mol. The van der Waals surface area contributed by atoms with Crippen molar-refractivity contribution in [3.05, 3.63) is 77.4 Å². The van der Waals surface area contributed by atoms with E-state index in [0.29, 0.717) is 49.6 Å². The summed E-state index contributed by atoms with van der Waals surface area (Å²) >= 11 is 0. The first-order chi connectivity index (χ1) is 21.9. The van der Waals surface area contributed by atoms with E-state index in [-0.39, 0.29) is 18.7 Å². The molecule has 0 atom stereocenters. The maximum absolute atomic E-state index is 13.0. The predicted molar refractivity (Wildman–Crippen MR) is 188 cm³/mol. The summed E-state index contributed by atoms with van der Waals surface area (Å²) in [5.74, 6) is 0.883. The van der Waals surface area contributed by atoms with Gasteiger partial charge in [0.1, 0.15) is 5.84 Å².